The summed E-state index contributed by atoms with van der Waals surface area (Å²) in [6.45, 7) is 0. The summed E-state index contributed by atoms with van der Waals surface area (Å²) in [6, 6.07) is 12.0. The molecule has 0 aliphatic rings. The molecule has 1 atom stereocenters. The number of benzene rings is 3. The molecule has 0 saturated carbocycles. The van der Waals surface area contributed by atoms with Crippen molar-refractivity contribution in [1.29, 1.82) is 0 Å². The van der Waals surface area contributed by atoms with Gasteiger partial charge in [0.25, 0.3) is 10.1 Å². The maximum absolute atomic E-state index is 13.0. The average Bonchev–Trinajstić information content (AvgIpc) is 2.65. The molecule has 0 heterocycles. The van der Waals surface area contributed by atoms with Crippen molar-refractivity contribution in [2.45, 2.75) is 4.75 Å². The zero-order valence-electron chi connectivity index (χ0n) is 14.3. The third-order valence-corrected chi connectivity index (χ3v) is 7.34. The number of hydrogen-bond donors (Lipinski definition) is 3. The SMILES string of the molecule is O=S(=O)(O)C(c1ccc(Cl)cc1)(c1ccc(O)c(Cl)c1O)c1cccc(Cl)c1Cl. The highest BCUT2D eigenvalue weighted by atomic mass is 35.5. The molecule has 0 fully saturated rings. The molecule has 5 nitrogen and oxygen atoms in total. The van der Waals surface area contributed by atoms with E-state index in [0.29, 0.717) is 5.02 Å². The highest BCUT2D eigenvalue weighted by Crippen LogP contribution is 2.52. The predicted octanol–water partition coefficient (Wildman–Crippen LogP) is 5.89. The summed E-state index contributed by atoms with van der Waals surface area (Å²) in [4.78, 5) is 0. The van der Waals surface area contributed by atoms with Gasteiger partial charge in [0.15, 0.2) is 4.75 Å². The van der Waals surface area contributed by atoms with Gasteiger partial charge < -0.3 is 10.2 Å². The monoisotopic (exact) mass is 492 g/mol. The fraction of sp³-hybridized carbons (Fsp3) is 0.0526. The van der Waals surface area contributed by atoms with Crippen molar-refractivity contribution < 1.29 is 23.2 Å². The van der Waals surface area contributed by atoms with Crippen LogP contribution in [-0.4, -0.2) is 23.2 Å². The summed E-state index contributed by atoms with van der Waals surface area (Å²) in [5.74, 6) is -1.24. The summed E-state index contributed by atoms with van der Waals surface area (Å²) in [6.07, 6.45) is 0. The van der Waals surface area contributed by atoms with Gasteiger partial charge in [-0.2, -0.15) is 8.42 Å². The van der Waals surface area contributed by atoms with E-state index in [9.17, 15) is 23.2 Å². The summed E-state index contributed by atoms with van der Waals surface area (Å²) in [7, 11) is -5.08. The fourth-order valence-corrected chi connectivity index (χ4v) is 5.29. The van der Waals surface area contributed by atoms with E-state index in [1.165, 1.54) is 42.5 Å². The van der Waals surface area contributed by atoms with Crippen molar-refractivity contribution in [3.05, 3.63) is 91.4 Å². The van der Waals surface area contributed by atoms with Crippen molar-refractivity contribution >= 4 is 56.5 Å². The molecule has 0 saturated heterocycles. The summed E-state index contributed by atoms with van der Waals surface area (Å²) >= 11 is 24.3. The molecule has 0 spiro atoms. The van der Waals surface area contributed by atoms with Gasteiger partial charge in [-0.25, -0.2) is 0 Å². The van der Waals surface area contributed by atoms with Crippen molar-refractivity contribution in [3.8, 4) is 11.5 Å². The molecule has 0 aliphatic heterocycles. The summed E-state index contributed by atoms with van der Waals surface area (Å²) in [5.41, 5.74) is -0.464. The molecule has 0 amide bonds. The molecule has 10 heteroatoms. The van der Waals surface area contributed by atoms with E-state index < -0.39 is 31.4 Å². The number of hydrogen-bond acceptors (Lipinski definition) is 4. The minimum Gasteiger partial charge on any atom is -0.506 e. The molecule has 0 aliphatic carbocycles. The van der Waals surface area contributed by atoms with Crippen LogP contribution in [-0.2, 0) is 14.9 Å². The van der Waals surface area contributed by atoms with E-state index >= 15 is 0 Å². The van der Waals surface area contributed by atoms with Gasteiger partial charge in [0.1, 0.15) is 16.5 Å². The van der Waals surface area contributed by atoms with Gasteiger partial charge in [0, 0.05) is 16.1 Å². The molecule has 1 unspecified atom stereocenters. The molecular weight excluding hydrogens is 482 g/mol. The molecular formula is C19H12Cl4O5S. The Bertz CT molecular complexity index is 1200. The maximum Gasteiger partial charge on any atom is 0.283 e. The lowest BCUT2D eigenvalue weighted by atomic mass is 9.83. The maximum atomic E-state index is 13.0. The van der Waals surface area contributed by atoms with E-state index in [1.54, 1.807) is 0 Å². The molecule has 3 N–H and O–H groups in total. The normalized spacial score (nSPS) is 13.8. The van der Waals surface area contributed by atoms with Crippen LogP contribution in [0.2, 0.25) is 20.1 Å². The number of rotatable bonds is 4. The molecule has 0 bridgehead atoms. The van der Waals surface area contributed by atoms with Crippen LogP contribution in [0.15, 0.2) is 54.6 Å². The summed E-state index contributed by atoms with van der Waals surface area (Å²) in [5, 5.41) is 20.1. The Labute approximate surface area is 186 Å². The van der Waals surface area contributed by atoms with E-state index in [1.807, 2.05) is 0 Å². The zero-order chi connectivity index (χ0) is 21.6. The van der Waals surface area contributed by atoms with Gasteiger partial charge in [-0.05, 0) is 35.9 Å². The Kier molecular flexibility index (Phi) is 5.98. The van der Waals surface area contributed by atoms with Crippen molar-refractivity contribution in [1.82, 2.24) is 0 Å². The Morgan fingerprint density at radius 1 is 0.759 bits per heavy atom. The van der Waals surface area contributed by atoms with Crippen LogP contribution >= 0.6 is 46.4 Å². The lowest BCUT2D eigenvalue weighted by molar-refractivity contribution is 0.431. The van der Waals surface area contributed by atoms with E-state index in [0.717, 1.165) is 12.1 Å². The largest absolute Gasteiger partial charge is 0.506 e. The van der Waals surface area contributed by atoms with Gasteiger partial charge in [-0.15, -0.1) is 0 Å². The lowest BCUT2D eigenvalue weighted by Gasteiger charge is -2.34. The Hall–Kier alpha value is -1.67. The Morgan fingerprint density at radius 3 is 1.97 bits per heavy atom. The lowest BCUT2D eigenvalue weighted by Crippen LogP contribution is -2.38. The Balaban J connectivity index is 2.61. The Morgan fingerprint density at radius 2 is 1.38 bits per heavy atom. The van der Waals surface area contributed by atoms with Gasteiger partial charge in [0.05, 0.1) is 10.0 Å². The second-order valence-electron chi connectivity index (χ2n) is 6.06. The number of phenolic OH excluding ortho intramolecular Hbond substituents is 2. The minimum absolute atomic E-state index is 0.00521. The third kappa shape index (κ3) is 3.54. The second kappa shape index (κ2) is 7.87. The standard InChI is InChI=1S/C19H12Cl4O5S/c20-11-6-4-10(5-7-11)19(29(26,27)28,12-2-1-3-14(21)16(12)22)13-8-9-15(24)17(23)18(13)25/h1-9,24-25H,(H,26,27,28). The highest BCUT2D eigenvalue weighted by Gasteiger charge is 2.51. The van der Waals surface area contributed by atoms with Crippen molar-refractivity contribution in [3.63, 3.8) is 0 Å². The first-order valence-corrected chi connectivity index (χ1v) is 10.9. The van der Waals surface area contributed by atoms with Crippen LogP contribution in [0, 0.1) is 0 Å². The van der Waals surface area contributed by atoms with Crippen LogP contribution in [0.25, 0.3) is 0 Å². The van der Waals surface area contributed by atoms with E-state index in [-0.39, 0.29) is 26.7 Å². The van der Waals surface area contributed by atoms with Crippen LogP contribution in [0.1, 0.15) is 16.7 Å². The van der Waals surface area contributed by atoms with Crippen LogP contribution in [0.5, 0.6) is 11.5 Å². The van der Waals surface area contributed by atoms with Gasteiger partial charge in [0.2, 0.25) is 0 Å². The summed E-state index contributed by atoms with van der Waals surface area (Å²) < 4.78 is 34.0. The van der Waals surface area contributed by atoms with Crippen LogP contribution in [0.3, 0.4) is 0 Å². The number of phenols is 2. The molecule has 0 radical (unpaired) electrons. The van der Waals surface area contributed by atoms with Crippen molar-refractivity contribution in [2.75, 3.05) is 0 Å². The average molecular weight is 494 g/mol. The quantitative estimate of drug-likeness (QED) is 0.311. The molecule has 3 aromatic rings. The van der Waals surface area contributed by atoms with E-state index in [4.69, 9.17) is 46.4 Å². The zero-order valence-corrected chi connectivity index (χ0v) is 18.1. The molecule has 3 aromatic carbocycles. The molecule has 3 rings (SSSR count). The number of halogens is 4. The molecule has 152 valence electrons. The van der Waals surface area contributed by atoms with Gasteiger partial charge in [-0.1, -0.05) is 70.7 Å². The molecule has 29 heavy (non-hydrogen) atoms. The molecule has 0 aromatic heterocycles. The third-order valence-electron chi connectivity index (χ3n) is 4.44. The smallest absolute Gasteiger partial charge is 0.283 e. The first-order valence-electron chi connectivity index (χ1n) is 7.90. The van der Waals surface area contributed by atoms with Crippen molar-refractivity contribution in [2.24, 2.45) is 0 Å². The highest BCUT2D eigenvalue weighted by molar-refractivity contribution is 7.87. The van der Waals surface area contributed by atoms with Crippen LogP contribution < -0.4 is 0 Å². The first kappa shape index (κ1) is 22.0. The predicted molar refractivity (Wildman–Crippen MR) is 114 cm³/mol. The second-order valence-corrected chi connectivity index (χ2v) is 9.22. The van der Waals surface area contributed by atoms with Gasteiger partial charge >= 0.3 is 0 Å². The van der Waals surface area contributed by atoms with E-state index in [2.05, 4.69) is 0 Å². The van der Waals surface area contributed by atoms with Crippen LogP contribution in [0.4, 0.5) is 0 Å². The first-order chi connectivity index (χ1) is 13.5. The van der Waals surface area contributed by atoms with Gasteiger partial charge in [-0.3, -0.25) is 4.55 Å². The minimum atomic E-state index is -5.08. The topological polar surface area (TPSA) is 94.8 Å². The number of aromatic hydroxyl groups is 2. The fourth-order valence-electron chi connectivity index (χ4n) is 3.18.